The molecular weight excluding hydrogens is 238 g/mol. The lowest BCUT2D eigenvalue weighted by Gasteiger charge is -2.26. The zero-order valence-corrected chi connectivity index (χ0v) is 10.8. The van der Waals surface area contributed by atoms with Crippen LogP contribution in [0.4, 0.5) is 5.69 Å². The Morgan fingerprint density at radius 3 is 3.00 bits per heavy atom. The zero-order chi connectivity index (χ0) is 13.1. The molecule has 2 heterocycles. The minimum atomic E-state index is 0.186. The molecule has 19 heavy (non-hydrogen) atoms. The Hall–Kier alpha value is -2.10. The number of amides is 1. The number of aryl methyl sites for hydroxylation is 2. The molecule has 0 saturated heterocycles. The molecular formula is C15H17N3O. The van der Waals surface area contributed by atoms with Gasteiger partial charge in [-0.25, -0.2) is 0 Å². The summed E-state index contributed by atoms with van der Waals surface area (Å²) in [6.45, 7) is 0.806. The Labute approximate surface area is 112 Å². The van der Waals surface area contributed by atoms with E-state index in [2.05, 4.69) is 22.3 Å². The van der Waals surface area contributed by atoms with E-state index in [9.17, 15) is 4.79 Å². The third-order valence-corrected chi connectivity index (χ3v) is 3.57. The molecule has 1 N–H and O–H groups in total. The summed E-state index contributed by atoms with van der Waals surface area (Å²) in [6, 6.07) is 10.1. The average Bonchev–Trinajstić information content (AvgIpc) is 2.94. The fraction of sp³-hybridized carbons (Fsp3) is 0.333. The number of nitrogens with one attached hydrogen (secondary N) is 1. The summed E-state index contributed by atoms with van der Waals surface area (Å²) in [5.41, 5.74) is 3.25. The minimum Gasteiger partial charge on any atom is -0.309 e. The summed E-state index contributed by atoms with van der Waals surface area (Å²) in [4.78, 5) is 14.2. The number of benzene rings is 1. The number of aromatic nitrogens is 2. The predicted octanol–water partition coefficient (Wildman–Crippen LogP) is 2.32. The van der Waals surface area contributed by atoms with Crippen molar-refractivity contribution in [2.75, 3.05) is 11.4 Å². The van der Waals surface area contributed by atoms with Crippen LogP contribution in [0, 0.1) is 0 Å². The molecule has 4 heteroatoms. The second-order valence-corrected chi connectivity index (χ2v) is 4.87. The molecule has 98 valence electrons. The van der Waals surface area contributed by atoms with Crippen molar-refractivity contribution in [3.8, 4) is 0 Å². The molecule has 1 aromatic carbocycles. The number of rotatable bonds is 3. The van der Waals surface area contributed by atoms with Crippen molar-refractivity contribution < 1.29 is 4.79 Å². The highest BCUT2D eigenvalue weighted by molar-refractivity contribution is 5.94. The minimum absolute atomic E-state index is 0.186. The van der Waals surface area contributed by atoms with Crippen LogP contribution in [-0.2, 0) is 17.6 Å². The molecule has 1 aliphatic heterocycles. The van der Waals surface area contributed by atoms with Crippen molar-refractivity contribution in [3.63, 3.8) is 0 Å². The number of fused-ring (bicyclic) bond motifs is 1. The molecule has 1 amide bonds. The number of hydrogen-bond acceptors (Lipinski definition) is 2. The van der Waals surface area contributed by atoms with Gasteiger partial charge in [0, 0.05) is 13.0 Å². The van der Waals surface area contributed by atoms with Gasteiger partial charge in [0.25, 0.3) is 0 Å². The molecule has 1 aliphatic rings. The number of aromatic amines is 1. The van der Waals surface area contributed by atoms with Crippen LogP contribution in [0.2, 0.25) is 0 Å². The fourth-order valence-electron chi connectivity index (χ4n) is 2.55. The Morgan fingerprint density at radius 2 is 2.16 bits per heavy atom. The maximum atomic E-state index is 12.3. The van der Waals surface area contributed by atoms with Gasteiger partial charge in [0.15, 0.2) is 0 Å². The lowest BCUT2D eigenvalue weighted by atomic mass is 10.1. The SMILES string of the molecule is O=C(CCc1ccccc1)N1CCCc2[nH]ncc21. The summed E-state index contributed by atoms with van der Waals surface area (Å²) < 4.78 is 0. The topological polar surface area (TPSA) is 49.0 Å². The normalized spacial score (nSPS) is 14.2. The molecule has 3 rings (SSSR count). The van der Waals surface area contributed by atoms with Crippen LogP contribution < -0.4 is 4.90 Å². The van der Waals surface area contributed by atoms with Crippen molar-refractivity contribution in [2.45, 2.75) is 25.7 Å². The van der Waals surface area contributed by atoms with Gasteiger partial charge in [-0.05, 0) is 24.8 Å². The van der Waals surface area contributed by atoms with Gasteiger partial charge in [0.05, 0.1) is 17.6 Å². The molecule has 0 atom stereocenters. The smallest absolute Gasteiger partial charge is 0.227 e. The van der Waals surface area contributed by atoms with Crippen molar-refractivity contribution in [2.24, 2.45) is 0 Å². The number of H-pyrrole nitrogens is 1. The van der Waals surface area contributed by atoms with Crippen LogP contribution in [0.15, 0.2) is 36.5 Å². The van der Waals surface area contributed by atoms with Crippen molar-refractivity contribution in [1.82, 2.24) is 10.2 Å². The highest BCUT2D eigenvalue weighted by Gasteiger charge is 2.23. The van der Waals surface area contributed by atoms with Gasteiger partial charge < -0.3 is 4.90 Å². The molecule has 0 unspecified atom stereocenters. The van der Waals surface area contributed by atoms with Gasteiger partial charge in [0.1, 0.15) is 0 Å². The fourth-order valence-corrected chi connectivity index (χ4v) is 2.55. The van der Waals surface area contributed by atoms with Crippen molar-refractivity contribution in [1.29, 1.82) is 0 Å². The van der Waals surface area contributed by atoms with Gasteiger partial charge in [-0.15, -0.1) is 0 Å². The lowest BCUT2D eigenvalue weighted by Crippen LogP contribution is -2.35. The van der Waals surface area contributed by atoms with Crippen molar-refractivity contribution in [3.05, 3.63) is 47.8 Å². The predicted molar refractivity (Wildman–Crippen MR) is 74.0 cm³/mol. The zero-order valence-electron chi connectivity index (χ0n) is 10.8. The third-order valence-electron chi connectivity index (χ3n) is 3.57. The lowest BCUT2D eigenvalue weighted by molar-refractivity contribution is -0.118. The summed E-state index contributed by atoms with van der Waals surface area (Å²) in [6.07, 6.45) is 5.09. The second-order valence-electron chi connectivity index (χ2n) is 4.87. The number of anilines is 1. The second kappa shape index (κ2) is 5.26. The largest absolute Gasteiger partial charge is 0.309 e. The Morgan fingerprint density at radius 1 is 1.32 bits per heavy atom. The van der Waals surface area contributed by atoms with E-state index in [-0.39, 0.29) is 5.91 Å². The quantitative estimate of drug-likeness (QED) is 0.915. The van der Waals surface area contributed by atoms with Gasteiger partial charge in [-0.2, -0.15) is 5.10 Å². The first-order valence-corrected chi connectivity index (χ1v) is 6.71. The van der Waals surface area contributed by atoms with E-state index in [0.717, 1.165) is 37.2 Å². The molecule has 0 radical (unpaired) electrons. The third kappa shape index (κ3) is 2.52. The number of carbonyl (C=O) groups excluding carboxylic acids is 1. The average molecular weight is 255 g/mol. The summed E-state index contributed by atoms with van der Waals surface area (Å²) in [5.74, 6) is 0.186. The molecule has 4 nitrogen and oxygen atoms in total. The molecule has 0 aliphatic carbocycles. The number of hydrogen-bond donors (Lipinski definition) is 1. The number of carbonyl (C=O) groups is 1. The van der Waals surface area contributed by atoms with Gasteiger partial charge in [-0.1, -0.05) is 30.3 Å². The monoisotopic (exact) mass is 255 g/mol. The van der Waals surface area contributed by atoms with E-state index in [1.807, 2.05) is 23.1 Å². The Balaban J connectivity index is 1.66. The Bertz CT molecular complexity index is 562. The first-order chi connectivity index (χ1) is 9.34. The van der Waals surface area contributed by atoms with Crippen LogP contribution >= 0.6 is 0 Å². The summed E-state index contributed by atoms with van der Waals surface area (Å²) in [5, 5.41) is 7.01. The molecule has 0 spiro atoms. The highest BCUT2D eigenvalue weighted by Crippen LogP contribution is 2.25. The van der Waals surface area contributed by atoms with E-state index in [1.165, 1.54) is 5.56 Å². The van der Waals surface area contributed by atoms with Gasteiger partial charge >= 0.3 is 0 Å². The molecule has 0 bridgehead atoms. The van der Waals surface area contributed by atoms with E-state index >= 15 is 0 Å². The first kappa shape index (κ1) is 12.0. The van der Waals surface area contributed by atoms with Gasteiger partial charge in [-0.3, -0.25) is 9.89 Å². The molecule has 1 aromatic heterocycles. The van der Waals surface area contributed by atoms with E-state index in [0.29, 0.717) is 6.42 Å². The standard InChI is InChI=1S/C15H17N3O/c19-15(9-8-12-5-2-1-3-6-12)18-10-4-7-13-14(18)11-16-17-13/h1-3,5-6,11H,4,7-10H2,(H,16,17). The molecule has 0 fully saturated rings. The van der Waals surface area contributed by atoms with Crippen LogP contribution in [0.5, 0.6) is 0 Å². The number of nitrogens with zero attached hydrogens (tertiary/aromatic N) is 2. The van der Waals surface area contributed by atoms with Gasteiger partial charge in [0.2, 0.25) is 5.91 Å². The van der Waals surface area contributed by atoms with Crippen molar-refractivity contribution >= 4 is 11.6 Å². The first-order valence-electron chi connectivity index (χ1n) is 6.71. The summed E-state index contributed by atoms with van der Waals surface area (Å²) >= 11 is 0. The summed E-state index contributed by atoms with van der Waals surface area (Å²) in [7, 11) is 0. The van der Waals surface area contributed by atoms with E-state index in [1.54, 1.807) is 6.20 Å². The molecule has 2 aromatic rings. The Kier molecular flexibility index (Phi) is 3.31. The van der Waals surface area contributed by atoms with E-state index < -0.39 is 0 Å². The van der Waals surface area contributed by atoms with Crippen LogP contribution in [0.25, 0.3) is 0 Å². The van der Waals surface area contributed by atoms with Crippen LogP contribution in [0.3, 0.4) is 0 Å². The molecule has 0 saturated carbocycles. The maximum Gasteiger partial charge on any atom is 0.227 e. The van der Waals surface area contributed by atoms with E-state index in [4.69, 9.17) is 0 Å². The highest BCUT2D eigenvalue weighted by atomic mass is 16.2. The van der Waals surface area contributed by atoms with Crippen LogP contribution in [0.1, 0.15) is 24.1 Å². The maximum absolute atomic E-state index is 12.3. The van der Waals surface area contributed by atoms with Crippen LogP contribution in [-0.4, -0.2) is 22.6 Å².